The number of hydroxylamine groups is 1. The van der Waals surface area contributed by atoms with Crippen molar-refractivity contribution in [3.05, 3.63) is 35.9 Å². The third-order valence-corrected chi connectivity index (χ3v) is 5.52. The van der Waals surface area contributed by atoms with Gasteiger partial charge in [0, 0.05) is 20.8 Å². The lowest BCUT2D eigenvalue weighted by atomic mass is 9.72. The summed E-state index contributed by atoms with van der Waals surface area (Å²) in [4.78, 5) is 26.7. The van der Waals surface area contributed by atoms with Crippen LogP contribution < -0.4 is 11.2 Å². The first-order valence-corrected chi connectivity index (χ1v) is 8.51. The Labute approximate surface area is 155 Å². The number of benzene rings is 1. The summed E-state index contributed by atoms with van der Waals surface area (Å²) in [5.41, 5.74) is 6.01. The number of nitrogens with one attached hydrogen (secondary N) is 1. The van der Waals surface area contributed by atoms with Crippen LogP contribution >= 0.6 is 0 Å². The molecule has 0 bridgehead atoms. The maximum Gasteiger partial charge on any atom is 0.251 e. The first-order chi connectivity index (χ1) is 12.0. The van der Waals surface area contributed by atoms with Gasteiger partial charge in [-0.3, -0.25) is 14.8 Å². The zero-order valence-corrected chi connectivity index (χ0v) is 16.5. The Morgan fingerprint density at radius 3 is 2.19 bits per heavy atom. The van der Waals surface area contributed by atoms with E-state index in [0.717, 1.165) is 5.56 Å². The van der Waals surface area contributed by atoms with Crippen molar-refractivity contribution >= 4 is 11.8 Å². The summed E-state index contributed by atoms with van der Waals surface area (Å²) in [5.74, 6) is -0.739. The van der Waals surface area contributed by atoms with Crippen molar-refractivity contribution < 1.29 is 19.5 Å². The molecule has 1 fully saturated rings. The van der Waals surface area contributed by atoms with Crippen LogP contribution in [-0.2, 0) is 19.9 Å². The SMILES string of the molecule is CC(C)(C(=O)NO)C(C)(C)N1CCC(N)(c2ccccc2)C1=O.COC. The molecule has 26 heavy (non-hydrogen) atoms. The molecular formula is C19H31N3O4. The number of carbonyl (C=O) groups is 2. The van der Waals surface area contributed by atoms with E-state index in [2.05, 4.69) is 4.74 Å². The van der Waals surface area contributed by atoms with E-state index in [1.807, 2.05) is 44.2 Å². The van der Waals surface area contributed by atoms with Crippen LogP contribution in [0.4, 0.5) is 0 Å². The zero-order valence-electron chi connectivity index (χ0n) is 16.5. The smallest absolute Gasteiger partial charge is 0.251 e. The van der Waals surface area contributed by atoms with Gasteiger partial charge in [0.1, 0.15) is 5.54 Å². The van der Waals surface area contributed by atoms with E-state index in [4.69, 9.17) is 10.9 Å². The van der Waals surface area contributed by atoms with Crippen LogP contribution in [0.5, 0.6) is 0 Å². The van der Waals surface area contributed by atoms with Crippen molar-refractivity contribution in [3.63, 3.8) is 0 Å². The first kappa shape index (κ1) is 22.1. The van der Waals surface area contributed by atoms with E-state index in [1.165, 1.54) is 0 Å². The number of hydrogen-bond donors (Lipinski definition) is 3. The highest BCUT2D eigenvalue weighted by Gasteiger charge is 2.55. The minimum absolute atomic E-state index is 0.201. The molecular weight excluding hydrogens is 334 g/mol. The topological polar surface area (TPSA) is 105 Å². The molecule has 0 saturated carbocycles. The van der Waals surface area contributed by atoms with Gasteiger partial charge in [-0.1, -0.05) is 30.3 Å². The van der Waals surface area contributed by atoms with Crippen molar-refractivity contribution in [2.24, 2.45) is 11.1 Å². The zero-order chi connectivity index (χ0) is 20.2. The lowest BCUT2D eigenvalue weighted by Crippen LogP contribution is -2.61. The summed E-state index contributed by atoms with van der Waals surface area (Å²) in [7, 11) is 3.25. The molecule has 2 rings (SSSR count). The molecule has 1 saturated heterocycles. The molecule has 4 N–H and O–H groups in total. The van der Waals surface area contributed by atoms with Crippen LogP contribution in [-0.4, -0.2) is 48.2 Å². The highest BCUT2D eigenvalue weighted by molar-refractivity contribution is 5.91. The number of amides is 2. The number of carbonyl (C=O) groups excluding carboxylic acids is 2. The standard InChI is InChI=1S/C17H25N3O3.C2H6O/c1-15(2,13(21)19-23)16(3,4)20-11-10-17(18,14(20)22)12-8-6-5-7-9-12;1-3-2/h5-9,23H,10-11,18H2,1-4H3,(H,19,21);1-2H3. The average molecular weight is 365 g/mol. The van der Waals surface area contributed by atoms with Crippen molar-refractivity contribution in [1.29, 1.82) is 0 Å². The number of rotatable bonds is 4. The maximum absolute atomic E-state index is 13.0. The van der Waals surface area contributed by atoms with Crippen molar-refractivity contribution in [2.45, 2.75) is 45.2 Å². The van der Waals surface area contributed by atoms with Crippen LogP contribution in [0.2, 0.25) is 0 Å². The highest BCUT2D eigenvalue weighted by Crippen LogP contribution is 2.42. The molecule has 0 spiro atoms. The quantitative estimate of drug-likeness (QED) is 0.556. The molecule has 1 aromatic rings. The monoisotopic (exact) mass is 365 g/mol. The molecule has 2 amide bonds. The van der Waals surface area contributed by atoms with Gasteiger partial charge in [0.15, 0.2) is 0 Å². The molecule has 1 unspecified atom stereocenters. The summed E-state index contributed by atoms with van der Waals surface area (Å²) >= 11 is 0. The average Bonchev–Trinajstić information content (AvgIpc) is 2.92. The highest BCUT2D eigenvalue weighted by atomic mass is 16.5. The second-order valence-electron chi connectivity index (χ2n) is 7.58. The van der Waals surface area contributed by atoms with Crippen molar-refractivity contribution in [3.8, 4) is 0 Å². The van der Waals surface area contributed by atoms with Gasteiger partial charge >= 0.3 is 0 Å². The fourth-order valence-electron chi connectivity index (χ4n) is 3.03. The fraction of sp³-hybridized carbons (Fsp3) is 0.579. The van der Waals surface area contributed by atoms with E-state index >= 15 is 0 Å². The van der Waals surface area contributed by atoms with Gasteiger partial charge in [0.05, 0.1) is 11.0 Å². The van der Waals surface area contributed by atoms with Crippen molar-refractivity contribution in [1.82, 2.24) is 10.4 Å². The van der Waals surface area contributed by atoms with E-state index in [0.29, 0.717) is 13.0 Å². The first-order valence-electron chi connectivity index (χ1n) is 8.51. The summed E-state index contributed by atoms with van der Waals surface area (Å²) in [5, 5.41) is 9.00. The van der Waals surface area contributed by atoms with Gasteiger partial charge in [-0.25, -0.2) is 5.48 Å². The molecule has 0 aromatic heterocycles. The molecule has 1 heterocycles. The molecule has 7 nitrogen and oxygen atoms in total. The van der Waals surface area contributed by atoms with E-state index in [9.17, 15) is 9.59 Å². The van der Waals surface area contributed by atoms with E-state index in [1.54, 1.807) is 38.4 Å². The molecule has 0 radical (unpaired) electrons. The predicted molar refractivity (Wildman–Crippen MR) is 99.4 cm³/mol. The molecule has 1 atom stereocenters. The Kier molecular flexibility index (Phi) is 6.93. The van der Waals surface area contributed by atoms with Crippen LogP contribution in [0, 0.1) is 5.41 Å². The van der Waals surface area contributed by atoms with Gasteiger partial charge in [-0.15, -0.1) is 0 Å². The molecule has 1 aliphatic rings. The number of hydrogen-bond acceptors (Lipinski definition) is 5. The van der Waals surface area contributed by atoms with Gasteiger partial charge in [0.25, 0.3) is 5.91 Å². The lowest BCUT2D eigenvalue weighted by molar-refractivity contribution is -0.152. The van der Waals surface area contributed by atoms with Crippen LogP contribution in [0.3, 0.4) is 0 Å². The minimum atomic E-state index is -1.08. The second kappa shape index (κ2) is 8.16. The Morgan fingerprint density at radius 2 is 1.73 bits per heavy atom. The third kappa shape index (κ3) is 3.75. The van der Waals surface area contributed by atoms with Gasteiger partial charge < -0.3 is 15.4 Å². The summed E-state index contributed by atoms with van der Waals surface area (Å²) in [6.45, 7) is 7.49. The van der Waals surface area contributed by atoms with Crippen LogP contribution in [0.1, 0.15) is 39.7 Å². The van der Waals surface area contributed by atoms with E-state index in [-0.39, 0.29) is 5.91 Å². The molecule has 7 heteroatoms. The molecule has 1 aromatic carbocycles. The summed E-state index contributed by atoms with van der Waals surface area (Å²) in [6, 6.07) is 9.28. The number of likely N-dealkylation sites (tertiary alicyclic amines) is 1. The lowest BCUT2D eigenvalue weighted by Gasteiger charge is -2.46. The largest absolute Gasteiger partial charge is 0.388 e. The Morgan fingerprint density at radius 1 is 1.23 bits per heavy atom. The predicted octanol–water partition coefficient (Wildman–Crippen LogP) is 1.65. The Hall–Kier alpha value is -1.96. The van der Waals surface area contributed by atoms with Crippen LogP contribution in [0.15, 0.2) is 30.3 Å². The molecule has 1 aliphatic heterocycles. The minimum Gasteiger partial charge on any atom is -0.388 e. The number of nitrogens with two attached hydrogens (primary N) is 1. The maximum atomic E-state index is 13.0. The normalized spacial score (nSPS) is 20.5. The third-order valence-electron chi connectivity index (χ3n) is 5.52. The number of methoxy groups -OCH3 is 1. The summed E-state index contributed by atoms with van der Waals surface area (Å²) in [6.07, 6.45) is 0.482. The number of ether oxygens (including phenoxy) is 1. The summed E-state index contributed by atoms with van der Waals surface area (Å²) < 4.78 is 4.25. The Balaban J connectivity index is 0.00000105. The second-order valence-corrected chi connectivity index (χ2v) is 7.58. The van der Waals surface area contributed by atoms with Gasteiger partial charge in [-0.05, 0) is 39.7 Å². The number of nitrogens with zero attached hydrogens (tertiary/aromatic N) is 1. The molecule has 146 valence electrons. The molecule has 0 aliphatic carbocycles. The Bertz CT molecular complexity index is 631. The van der Waals surface area contributed by atoms with Gasteiger partial charge in [0.2, 0.25) is 5.91 Å². The van der Waals surface area contributed by atoms with Crippen molar-refractivity contribution in [2.75, 3.05) is 20.8 Å². The van der Waals surface area contributed by atoms with E-state index < -0.39 is 22.4 Å². The van der Waals surface area contributed by atoms with Crippen LogP contribution in [0.25, 0.3) is 0 Å². The van der Waals surface area contributed by atoms with Gasteiger partial charge in [-0.2, -0.15) is 0 Å². The fourth-order valence-corrected chi connectivity index (χ4v) is 3.03.